The van der Waals surface area contributed by atoms with Gasteiger partial charge in [0.1, 0.15) is 0 Å². The summed E-state index contributed by atoms with van der Waals surface area (Å²) >= 11 is 4.14. The van der Waals surface area contributed by atoms with E-state index in [1.165, 1.54) is 16.3 Å². The smallest absolute Gasteiger partial charge is 0.0286 e. The van der Waals surface area contributed by atoms with Crippen molar-refractivity contribution in [2.24, 2.45) is 0 Å². The van der Waals surface area contributed by atoms with Crippen molar-refractivity contribution >= 4 is 33.2 Å². The van der Waals surface area contributed by atoms with Crippen LogP contribution in [0.15, 0.2) is 42.5 Å². The molecule has 0 unspecified atom stereocenters. The van der Waals surface area contributed by atoms with Crippen molar-refractivity contribution < 1.29 is 0 Å². The third-order valence-electron chi connectivity index (χ3n) is 2.05. The average molecular weight is 206 g/mol. The summed E-state index contributed by atoms with van der Waals surface area (Å²) in [4.78, 5) is 0. The van der Waals surface area contributed by atoms with Crippen LogP contribution < -0.4 is 0 Å². The molecule has 0 aromatic heterocycles. The minimum Gasteiger partial charge on any atom is -0.111 e. The Morgan fingerprint density at radius 1 is 1.00 bits per heavy atom. The first kappa shape index (κ1) is 8.97. The topological polar surface area (TPSA) is 0 Å². The lowest BCUT2D eigenvalue weighted by Crippen LogP contribution is -1.78. The second-order valence-corrected chi connectivity index (χ2v) is 4.28. The molecule has 0 aliphatic rings. The summed E-state index contributed by atoms with van der Waals surface area (Å²) in [6.07, 6.45) is 0. The standard InChI is InChI=1S/C11H10S2/c12-13-8-9-5-6-10-3-1-2-4-11(10)7-9/h1-7,12H,8H2. The summed E-state index contributed by atoms with van der Waals surface area (Å²) in [6, 6.07) is 14.9. The Hall–Kier alpha value is -0.600. The third kappa shape index (κ3) is 2.01. The second-order valence-electron chi connectivity index (χ2n) is 2.95. The quantitative estimate of drug-likeness (QED) is 0.574. The molecule has 0 saturated heterocycles. The predicted molar refractivity (Wildman–Crippen MR) is 64.2 cm³/mol. The summed E-state index contributed by atoms with van der Waals surface area (Å²) in [7, 11) is 1.56. The van der Waals surface area contributed by atoms with Crippen molar-refractivity contribution in [3.63, 3.8) is 0 Å². The number of hydrogen-bond donors (Lipinski definition) is 1. The molecule has 0 spiro atoms. The summed E-state index contributed by atoms with van der Waals surface area (Å²) in [5.74, 6) is 0.966. The van der Waals surface area contributed by atoms with E-state index in [1.807, 2.05) is 0 Å². The van der Waals surface area contributed by atoms with Crippen molar-refractivity contribution in [3.05, 3.63) is 48.0 Å². The molecule has 2 aromatic carbocycles. The van der Waals surface area contributed by atoms with Crippen LogP contribution in [-0.4, -0.2) is 0 Å². The zero-order chi connectivity index (χ0) is 9.10. The molecule has 0 radical (unpaired) electrons. The Bertz CT molecular complexity index is 410. The number of hydrogen-bond acceptors (Lipinski definition) is 2. The van der Waals surface area contributed by atoms with E-state index in [9.17, 15) is 0 Å². The zero-order valence-corrected chi connectivity index (χ0v) is 8.81. The fraction of sp³-hybridized carbons (Fsp3) is 0.0909. The monoisotopic (exact) mass is 206 g/mol. The largest absolute Gasteiger partial charge is 0.111 e. The Labute approximate surface area is 87.2 Å². The van der Waals surface area contributed by atoms with Crippen molar-refractivity contribution in [3.8, 4) is 0 Å². The van der Waals surface area contributed by atoms with Crippen molar-refractivity contribution in [2.75, 3.05) is 0 Å². The van der Waals surface area contributed by atoms with Gasteiger partial charge in [0.25, 0.3) is 0 Å². The van der Waals surface area contributed by atoms with Crippen LogP contribution in [0.5, 0.6) is 0 Å². The Morgan fingerprint density at radius 2 is 1.77 bits per heavy atom. The number of thiol groups is 1. The Morgan fingerprint density at radius 3 is 2.54 bits per heavy atom. The van der Waals surface area contributed by atoms with Gasteiger partial charge in [-0.25, -0.2) is 0 Å². The zero-order valence-electron chi connectivity index (χ0n) is 7.10. The highest BCUT2D eigenvalue weighted by Gasteiger charge is 1.94. The lowest BCUT2D eigenvalue weighted by molar-refractivity contribution is 1.45. The van der Waals surface area contributed by atoms with E-state index in [2.05, 4.69) is 54.1 Å². The van der Waals surface area contributed by atoms with E-state index in [4.69, 9.17) is 0 Å². The van der Waals surface area contributed by atoms with E-state index in [1.54, 1.807) is 10.8 Å². The third-order valence-corrected chi connectivity index (χ3v) is 2.89. The van der Waals surface area contributed by atoms with Crippen LogP contribution in [0.1, 0.15) is 5.56 Å². The van der Waals surface area contributed by atoms with Crippen molar-refractivity contribution in [1.82, 2.24) is 0 Å². The van der Waals surface area contributed by atoms with Gasteiger partial charge in [0, 0.05) is 5.75 Å². The SMILES string of the molecule is SSCc1ccc2ccccc2c1. The van der Waals surface area contributed by atoms with Crippen LogP contribution in [0.25, 0.3) is 10.8 Å². The van der Waals surface area contributed by atoms with Crippen molar-refractivity contribution in [1.29, 1.82) is 0 Å². The van der Waals surface area contributed by atoms with Gasteiger partial charge in [0.05, 0.1) is 0 Å². The molecule has 0 amide bonds. The number of benzene rings is 2. The highest BCUT2D eigenvalue weighted by Crippen LogP contribution is 2.20. The molecule has 66 valence electrons. The lowest BCUT2D eigenvalue weighted by atomic mass is 10.1. The van der Waals surface area contributed by atoms with E-state index in [-0.39, 0.29) is 0 Å². The molecule has 0 aliphatic carbocycles. The van der Waals surface area contributed by atoms with Gasteiger partial charge in [-0.15, -0.1) is 11.7 Å². The van der Waals surface area contributed by atoms with Crippen LogP contribution in [0.4, 0.5) is 0 Å². The number of fused-ring (bicyclic) bond motifs is 1. The van der Waals surface area contributed by atoms with Gasteiger partial charge in [0.15, 0.2) is 0 Å². The van der Waals surface area contributed by atoms with Gasteiger partial charge in [-0.2, -0.15) is 0 Å². The molecule has 2 rings (SSSR count). The summed E-state index contributed by atoms with van der Waals surface area (Å²) in [6.45, 7) is 0. The van der Waals surface area contributed by atoms with Crippen LogP contribution >= 0.6 is 22.5 Å². The molecule has 0 heterocycles. The van der Waals surface area contributed by atoms with Crippen LogP contribution in [0.3, 0.4) is 0 Å². The Kier molecular flexibility index (Phi) is 2.81. The molecule has 2 aromatic rings. The molecular formula is C11H10S2. The van der Waals surface area contributed by atoms with Gasteiger partial charge in [0.2, 0.25) is 0 Å². The highest BCUT2D eigenvalue weighted by molar-refractivity contribution is 8.68. The summed E-state index contributed by atoms with van der Waals surface area (Å²) < 4.78 is 0. The van der Waals surface area contributed by atoms with E-state index in [0.717, 1.165) is 5.75 Å². The van der Waals surface area contributed by atoms with Crippen LogP contribution in [0, 0.1) is 0 Å². The van der Waals surface area contributed by atoms with Gasteiger partial charge in [-0.3, -0.25) is 0 Å². The van der Waals surface area contributed by atoms with Gasteiger partial charge >= 0.3 is 0 Å². The molecule has 0 saturated carbocycles. The Balaban J connectivity index is 2.49. The fourth-order valence-electron chi connectivity index (χ4n) is 1.40. The predicted octanol–water partition coefficient (Wildman–Crippen LogP) is 3.92. The molecule has 0 nitrogen and oxygen atoms in total. The first-order chi connectivity index (χ1) is 6.40. The molecule has 13 heavy (non-hydrogen) atoms. The number of rotatable bonds is 2. The summed E-state index contributed by atoms with van der Waals surface area (Å²) in [5.41, 5.74) is 1.33. The maximum Gasteiger partial charge on any atom is 0.0286 e. The van der Waals surface area contributed by atoms with E-state index < -0.39 is 0 Å². The van der Waals surface area contributed by atoms with Gasteiger partial charge < -0.3 is 0 Å². The molecule has 2 heteroatoms. The molecular weight excluding hydrogens is 196 g/mol. The highest BCUT2D eigenvalue weighted by atomic mass is 33.1. The molecule has 0 aliphatic heterocycles. The first-order valence-electron chi connectivity index (χ1n) is 4.14. The average Bonchev–Trinajstić information content (AvgIpc) is 2.18. The summed E-state index contributed by atoms with van der Waals surface area (Å²) in [5, 5.41) is 2.61. The maximum absolute atomic E-state index is 4.14. The molecule has 0 N–H and O–H groups in total. The van der Waals surface area contributed by atoms with Gasteiger partial charge in [-0.05, 0) is 16.3 Å². The van der Waals surface area contributed by atoms with Crippen LogP contribution in [0.2, 0.25) is 0 Å². The van der Waals surface area contributed by atoms with Gasteiger partial charge in [-0.1, -0.05) is 53.3 Å². The van der Waals surface area contributed by atoms with Crippen molar-refractivity contribution in [2.45, 2.75) is 5.75 Å². The maximum atomic E-state index is 4.14. The normalized spacial score (nSPS) is 10.5. The molecule has 0 atom stereocenters. The lowest BCUT2D eigenvalue weighted by Gasteiger charge is -2.00. The minimum atomic E-state index is 0.966. The fourth-order valence-corrected chi connectivity index (χ4v) is 2.18. The van der Waals surface area contributed by atoms with E-state index in [0.29, 0.717) is 0 Å². The van der Waals surface area contributed by atoms with Crippen LogP contribution in [-0.2, 0) is 5.75 Å². The molecule has 0 fully saturated rings. The first-order valence-corrected chi connectivity index (χ1v) is 6.18. The second kappa shape index (κ2) is 4.07. The minimum absolute atomic E-state index is 0.966. The van der Waals surface area contributed by atoms with E-state index >= 15 is 0 Å². The molecule has 0 bridgehead atoms.